The Kier molecular flexibility index (Phi) is 3.39. The van der Waals surface area contributed by atoms with E-state index in [4.69, 9.17) is 0 Å². The SMILES string of the molecule is CCN1CCN(c2cc(F)cnc2C)CC1. The van der Waals surface area contributed by atoms with Crippen molar-refractivity contribution in [1.82, 2.24) is 9.88 Å². The van der Waals surface area contributed by atoms with Crippen LogP contribution in [0.15, 0.2) is 12.3 Å². The van der Waals surface area contributed by atoms with Gasteiger partial charge in [-0.1, -0.05) is 6.92 Å². The molecule has 3 nitrogen and oxygen atoms in total. The minimum atomic E-state index is -0.251. The van der Waals surface area contributed by atoms with Gasteiger partial charge >= 0.3 is 0 Å². The van der Waals surface area contributed by atoms with Gasteiger partial charge in [-0.3, -0.25) is 4.98 Å². The summed E-state index contributed by atoms with van der Waals surface area (Å²) >= 11 is 0. The van der Waals surface area contributed by atoms with Gasteiger partial charge in [-0.15, -0.1) is 0 Å². The van der Waals surface area contributed by atoms with Gasteiger partial charge in [0.25, 0.3) is 0 Å². The lowest BCUT2D eigenvalue weighted by molar-refractivity contribution is 0.271. The molecule has 2 heterocycles. The fourth-order valence-corrected chi connectivity index (χ4v) is 2.12. The molecular formula is C12H18FN3. The van der Waals surface area contributed by atoms with E-state index in [1.165, 1.54) is 6.20 Å². The van der Waals surface area contributed by atoms with E-state index in [-0.39, 0.29) is 5.82 Å². The second-order valence-electron chi connectivity index (χ2n) is 4.18. The summed E-state index contributed by atoms with van der Waals surface area (Å²) in [6, 6.07) is 1.59. The summed E-state index contributed by atoms with van der Waals surface area (Å²) in [5.74, 6) is -0.251. The highest BCUT2D eigenvalue weighted by atomic mass is 19.1. The predicted molar refractivity (Wildman–Crippen MR) is 63.3 cm³/mol. The van der Waals surface area contributed by atoms with E-state index in [0.717, 1.165) is 44.1 Å². The number of pyridine rings is 1. The van der Waals surface area contributed by atoms with E-state index in [2.05, 4.69) is 21.7 Å². The molecule has 1 aromatic rings. The second kappa shape index (κ2) is 4.78. The zero-order chi connectivity index (χ0) is 11.5. The molecule has 0 unspecified atom stereocenters. The number of hydrogen-bond donors (Lipinski definition) is 0. The van der Waals surface area contributed by atoms with Gasteiger partial charge < -0.3 is 9.80 Å². The van der Waals surface area contributed by atoms with Crippen LogP contribution in [0.4, 0.5) is 10.1 Å². The first-order valence-electron chi connectivity index (χ1n) is 5.80. The van der Waals surface area contributed by atoms with Crippen LogP contribution in [0.3, 0.4) is 0 Å². The highest BCUT2D eigenvalue weighted by Gasteiger charge is 2.17. The number of hydrogen-bond acceptors (Lipinski definition) is 3. The third-order valence-corrected chi connectivity index (χ3v) is 3.19. The number of piperazine rings is 1. The Balaban J connectivity index is 2.10. The summed E-state index contributed by atoms with van der Waals surface area (Å²) in [5.41, 5.74) is 1.85. The average molecular weight is 223 g/mol. The van der Waals surface area contributed by atoms with Crippen molar-refractivity contribution < 1.29 is 4.39 Å². The van der Waals surface area contributed by atoms with Crippen LogP contribution in [0.5, 0.6) is 0 Å². The molecule has 0 bridgehead atoms. The number of likely N-dealkylation sites (N-methyl/N-ethyl adjacent to an activating group) is 1. The smallest absolute Gasteiger partial charge is 0.143 e. The van der Waals surface area contributed by atoms with Crippen molar-refractivity contribution in [2.24, 2.45) is 0 Å². The lowest BCUT2D eigenvalue weighted by Gasteiger charge is -2.35. The number of aromatic nitrogens is 1. The number of rotatable bonds is 2. The maximum absolute atomic E-state index is 13.1. The molecule has 88 valence electrons. The summed E-state index contributed by atoms with van der Waals surface area (Å²) < 4.78 is 13.1. The fraction of sp³-hybridized carbons (Fsp3) is 0.583. The van der Waals surface area contributed by atoms with Gasteiger partial charge in [0, 0.05) is 32.2 Å². The van der Waals surface area contributed by atoms with Crippen molar-refractivity contribution in [2.45, 2.75) is 13.8 Å². The lowest BCUT2D eigenvalue weighted by Crippen LogP contribution is -2.46. The van der Waals surface area contributed by atoms with Gasteiger partial charge in [0.15, 0.2) is 0 Å². The second-order valence-corrected chi connectivity index (χ2v) is 4.18. The Morgan fingerprint density at radius 1 is 1.31 bits per heavy atom. The first kappa shape index (κ1) is 11.3. The van der Waals surface area contributed by atoms with Gasteiger partial charge in [-0.25, -0.2) is 4.39 Å². The topological polar surface area (TPSA) is 19.4 Å². The van der Waals surface area contributed by atoms with Crippen LogP contribution < -0.4 is 4.90 Å². The van der Waals surface area contributed by atoms with Gasteiger partial charge in [0.05, 0.1) is 17.6 Å². The van der Waals surface area contributed by atoms with Gasteiger partial charge in [0.2, 0.25) is 0 Å². The fourth-order valence-electron chi connectivity index (χ4n) is 2.12. The number of aryl methyl sites for hydroxylation is 1. The van der Waals surface area contributed by atoms with Crippen LogP contribution >= 0.6 is 0 Å². The summed E-state index contributed by atoms with van der Waals surface area (Å²) in [6.45, 7) is 9.21. The van der Waals surface area contributed by atoms with Crippen LogP contribution in [-0.2, 0) is 0 Å². The van der Waals surface area contributed by atoms with Crippen molar-refractivity contribution in [3.8, 4) is 0 Å². The molecule has 0 saturated carbocycles. The normalized spacial score (nSPS) is 17.8. The van der Waals surface area contributed by atoms with E-state index in [0.29, 0.717) is 0 Å². The Morgan fingerprint density at radius 2 is 2.00 bits per heavy atom. The third kappa shape index (κ3) is 2.32. The Labute approximate surface area is 95.9 Å². The molecule has 0 amide bonds. The van der Waals surface area contributed by atoms with E-state index in [9.17, 15) is 4.39 Å². The van der Waals surface area contributed by atoms with Crippen LogP contribution in [0.1, 0.15) is 12.6 Å². The number of nitrogens with zero attached hydrogens (tertiary/aromatic N) is 3. The monoisotopic (exact) mass is 223 g/mol. The van der Waals surface area contributed by atoms with E-state index in [1.807, 2.05) is 6.92 Å². The zero-order valence-corrected chi connectivity index (χ0v) is 9.91. The van der Waals surface area contributed by atoms with Crippen molar-refractivity contribution in [3.63, 3.8) is 0 Å². The molecule has 0 aromatic carbocycles. The molecule has 1 fully saturated rings. The summed E-state index contributed by atoms with van der Waals surface area (Å²) in [5, 5.41) is 0. The maximum atomic E-state index is 13.1. The third-order valence-electron chi connectivity index (χ3n) is 3.19. The zero-order valence-electron chi connectivity index (χ0n) is 9.91. The molecule has 0 radical (unpaired) electrons. The van der Waals surface area contributed by atoms with Crippen molar-refractivity contribution >= 4 is 5.69 Å². The van der Waals surface area contributed by atoms with Gasteiger partial charge in [0.1, 0.15) is 5.82 Å². The van der Waals surface area contributed by atoms with Crippen LogP contribution in [0.2, 0.25) is 0 Å². The minimum Gasteiger partial charge on any atom is -0.367 e. The molecule has 1 saturated heterocycles. The molecule has 1 aromatic heterocycles. The van der Waals surface area contributed by atoms with Crippen molar-refractivity contribution in [1.29, 1.82) is 0 Å². The molecule has 0 aliphatic carbocycles. The van der Waals surface area contributed by atoms with Crippen LogP contribution in [-0.4, -0.2) is 42.6 Å². The Bertz CT molecular complexity index is 359. The highest BCUT2D eigenvalue weighted by Crippen LogP contribution is 2.20. The molecule has 0 N–H and O–H groups in total. The van der Waals surface area contributed by atoms with Crippen LogP contribution in [0, 0.1) is 12.7 Å². The lowest BCUT2D eigenvalue weighted by atomic mass is 10.2. The first-order valence-corrected chi connectivity index (χ1v) is 5.80. The first-order chi connectivity index (χ1) is 7.70. The molecular weight excluding hydrogens is 205 g/mol. The summed E-state index contributed by atoms with van der Waals surface area (Å²) in [7, 11) is 0. The largest absolute Gasteiger partial charge is 0.367 e. The minimum absolute atomic E-state index is 0.251. The summed E-state index contributed by atoms with van der Waals surface area (Å²) in [4.78, 5) is 8.68. The number of anilines is 1. The quantitative estimate of drug-likeness (QED) is 0.760. The van der Waals surface area contributed by atoms with E-state index in [1.54, 1.807) is 6.07 Å². The van der Waals surface area contributed by atoms with Gasteiger partial charge in [-0.2, -0.15) is 0 Å². The van der Waals surface area contributed by atoms with E-state index >= 15 is 0 Å². The van der Waals surface area contributed by atoms with Crippen molar-refractivity contribution in [3.05, 3.63) is 23.8 Å². The molecule has 4 heteroatoms. The summed E-state index contributed by atoms with van der Waals surface area (Å²) in [6.07, 6.45) is 1.28. The number of halogens is 1. The van der Waals surface area contributed by atoms with Gasteiger partial charge in [-0.05, 0) is 13.5 Å². The average Bonchev–Trinajstić information content (AvgIpc) is 2.32. The molecule has 1 aliphatic heterocycles. The van der Waals surface area contributed by atoms with Crippen molar-refractivity contribution in [2.75, 3.05) is 37.6 Å². The predicted octanol–water partition coefficient (Wildman–Crippen LogP) is 1.67. The Hall–Kier alpha value is -1.16. The highest BCUT2D eigenvalue weighted by molar-refractivity contribution is 5.50. The Morgan fingerprint density at radius 3 is 2.62 bits per heavy atom. The molecule has 16 heavy (non-hydrogen) atoms. The standard InChI is InChI=1S/C12H18FN3/c1-3-15-4-6-16(7-5-15)12-8-11(13)9-14-10(12)2/h8-9H,3-7H2,1-2H3. The molecule has 1 aliphatic rings. The van der Waals surface area contributed by atoms with E-state index < -0.39 is 0 Å². The van der Waals surface area contributed by atoms with Crippen LogP contribution in [0.25, 0.3) is 0 Å². The molecule has 0 spiro atoms. The molecule has 0 atom stereocenters. The molecule has 2 rings (SSSR count). The maximum Gasteiger partial charge on any atom is 0.143 e.